The molecule has 0 amide bonds. The van der Waals surface area contributed by atoms with Crippen molar-refractivity contribution in [2.24, 2.45) is 17.3 Å². The zero-order valence-electron chi connectivity index (χ0n) is 13.4. The van der Waals surface area contributed by atoms with Crippen molar-refractivity contribution in [2.75, 3.05) is 26.7 Å². The number of hydrogen-bond acceptors (Lipinski definition) is 2. The van der Waals surface area contributed by atoms with E-state index in [2.05, 4.69) is 51.9 Å². The van der Waals surface area contributed by atoms with Crippen LogP contribution in [0.15, 0.2) is 0 Å². The van der Waals surface area contributed by atoms with E-state index in [0.29, 0.717) is 11.5 Å². The van der Waals surface area contributed by atoms with Crippen LogP contribution in [-0.4, -0.2) is 37.6 Å². The van der Waals surface area contributed by atoms with Crippen molar-refractivity contribution in [2.45, 2.75) is 59.9 Å². The van der Waals surface area contributed by atoms with Crippen LogP contribution in [0.2, 0.25) is 0 Å². The molecular formula is C16H34N2. The van der Waals surface area contributed by atoms with E-state index in [1.54, 1.807) is 0 Å². The quantitative estimate of drug-likeness (QED) is 0.782. The van der Waals surface area contributed by atoms with Crippen LogP contribution in [0.3, 0.4) is 0 Å². The Morgan fingerprint density at radius 1 is 1.33 bits per heavy atom. The lowest BCUT2D eigenvalue weighted by atomic mass is 9.68. The molecule has 0 aliphatic heterocycles. The van der Waals surface area contributed by atoms with Crippen LogP contribution < -0.4 is 5.32 Å². The molecular weight excluding hydrogens is 220 g/mol. The average molecular weight is 254 g/mol. The standard InChI is InChI=1S/C16H34N2/c1-7-18(11-13(2)3)12-14-9-8-10-16(4,5)15(14)17-6/h13-15,17H,7-12H2,1-6H3. The maximum absolute atomic E-state index is 3.60. The second-order valence-corrected chi connectivity index (χ2v) is 7.15. The van der Waals surface area contributed by atoms with Crippen LogP contribution in [0, 0.1) is 17.3 Å². The summed E-state index contributed by atoms with van der Waals surface area (Å²) >= 11 is 0. The summed E-state index contributed by atoms with van der Waals surface area (Å²) in [7, 11) is 2.14. The molecule has 1 aliphatic carbocycles. The van der Waals surface area contributed by atoms with E-state index in [4.69, 9.17) is 0 Å². The summed E-state index contributed by atoms with van der Waals surface area (Å²) in [5.74, 6) is 1.59. The minimum atomic E-state index is 0.453. The molecule has 0 aromatic heterocycles. The molecule has 0 bridgehead atoms. The highest BCUT2D eigenvalue weighted by Gasteiger charge is 2.38. The van der Waals surface area contributed by atoms with Gasteiger partial charge in [-0.15, -0.1) is 0 Å². The van der Waals surface area contributed by atoms with Crippen molar-refractivity contribution >= 4 is 0 Å². The van der Waals surface area contributed by atoms with Gasteiger partial charge in [0, 0.05) is 19.1 Å². The van der Waals surface area contributed by atoms with Crippen LogP contribution in [0.4, 0.5) is 0 Å². The van der Waals surface area contributed by atoms with E-state index in [0.717, 1.165) is 11.8 Å². The molecule has 2 unspecified atom stereocenters. The van der Waals surface area contributed by atoms with Crippen molar-refractivity contribution in [3.05, 3.63) is 0 Å². The SMILES string of the molecule is CCN(CC(C)C)CC1CCCC(C)(C)C1NC. The fourth-order valence-corrected chi connectivity index (χ4v) is 3.78. The molecule has 1 saturated carbocycles. The van der Waals surface area contributed by atoms with Crippen LogP contribution in [0.25, 0.3) is 0 Å². The molecule has 2 atom stereocenters. The minimum absolute atomic E-state index is 0.453. The summed E-state index contributed by atoms with van der Waals surface area (Å²) < 4.78 is 0. The number of rotatable bonds is 6. The Morgan fingerprint density at radius 2 is 2.00 bits per heavy atom. The van der Waals surface area contributed by atoms with Gasteiger partial charge in [-0.2, -0.15) is 0 Å². The Kier molecular flexibility index (Phi) is 6.13. The van der Waals surface area contributed by atoms with Gasteiger partial charge in [-0.25, -0.2) is 0 Å². The van der Waals surface area contributed by atoms with Crippen LogP contribution >= 0.6 is 0 Å². The molecule has 0 aromatic rings. The lowest BCUT2D eigenvalue weighted by molar-refractivity contribution is 0.0815. The van der Waals surface area contributed by atoms with Gasteiger partial charge in [0.1, 0.15) is 0 Å². The van der Waals surface area contributed by atoms with Crippen molar-refractivity contribution in [3.8, 4) is 0 Å². The van der Waals surface area contributed by atoms with Crippen LogP contribution in [0.1, 0.15) is 53.9 Å². The Balaban J connectivity index is 2.62. The monoisotopic (exact) mass is 254 g/mol. The first-order chi connectivity index (χ1) is 8.40. The van der Waals surface area contributed by atoms with E-state index in [1.165, 1.54) is 38.9 Å². The third kappa shape index (κ3) is 4.24. The van der Waals surface area contributed by atoms with Gasteiger partial charge in [0.25, 0.3) is 0 Å². The summed E-state index contributed by atoms with van der Waals surface area (Å²) in [5, 5.41) is 3.60. The first-order valence-electron chi connectivity index (χ1n) is 7.80. The summed E-state index contributed by atoms with van der Waals surface area (Å²) in [6.07, 6.45) is 4.16. The highest BCUT2D eigenvalue weighted by molar-refractivity contribution is 4.93. The average Bonchev–Trinajstić information content (AvgIpc) is 2.26. The largest absolute Gasteiger partial charge is 0.316 e. The second kappa shape index (κ2) is 6.91. The van der Waals surface area contributed by atoms with Crippen molar-refractivity contribution < 1.29 is 0 Å². The summed E-state index contributed by atoms with van der Waals surface area (Å²) in [6, 6.07) is 0.674. The lowest BCUT2D eigenvalue weighted by Crippen LogP contribution is -2.52. The van der Waals surface area contributed by atoms with Gasteiger partial charge in [0.15, 0.2) is 0 Å². The van der Waals surface area contributed by atoms with E-state index < -0.39 is 0 Å². The molecule has 1 fully saturated rings. The van der Waals surface area contributed by atoms with E-state index in [-0.39, 0.29) is 0 Å². The van der Waals surface area contributed by atoms with Gasteiger partial charge in [0.2, 0.25) is 0 Å². The first-order valence-corrected chi connectivity index (χ1v) is 7.80. The van der Waals surface area contributed by atoms with Gasteiger partial charge in [-0.3, -0.25) is 0 Å². The van der Waals surface area contributed by atoms with Gasteiger partial charge >= 0.3 is 0 Å². The number of hydrogen-bond donors (Lipinski definition) is 1. The van der Waals surface area contributed by atoms with E-state index in [1.807, 2.05) is 0 Å². The highest BCUT2D eigenvalue weighted by atomic mass is 15.1. The van der Waals surface area contributed by atoms with Gasteiger partial charge in [0.05, 0.1) is 0 Å². The van der Waals surface area contributed by atoms with Crippen molar-refractivity contribution in [3.63, 3.8) is 0 Å². The summed E-state index contributed by atoms with van der Waals surface area (Å²) in [4.78, 5) is 2.64. The normalized spacial score (nSPS) is 28.0. The molecule has 0 saturated heterocycles. The highest BCUT2D eigenvalue weighted by Crippen LogP contribution is 2.39. The zero-order valence-corrected chi connectivity index (χ0v) is 13.4. The second-order valence-electron chi connectivity index (χ2n) is 7.15. The molecule has 1 aliphatic rings. The Labute approximate surface area is 115 Å². The van der Waals surface area contributed by atoms with Crippen molar-refractivity contribution in [1.82, 2.24) is 10.2 Å². The smallest absolute Gasteiger partial charge is 0.0156 e. The predicted octanol–water partition coefficient (Wildman–Crippen LogP) is 3.38. The minimum Gasteiger partial charge on any atom is -0.316 e. The topological polar surface area (TPSA) is 15.3 Å². The molecule has 1 rings (SSSR count). The van der Waals surface area contributed by atoms with E-state index in [9.17, 15) is 0 Å². The summed E-state index contributed by atoms with van der Waals surface area (Å²) in [5.41, 5.74) is 0.453. The van der Waals surface area contributed by atoms with Crippen LogP contribution in [-0.2, 0) is 0 Å². The molecule has 0 aromatic carbocycles. The Morgan fingerprint density at radius 3 is 2.50 bits per heavy atom. The Hall–Kier alpha value is -0.0800. The van der Waals surface area contributed by atoms with Crippen LogP contribution in [0.5, 0.6) is 0 Å². The lowest BCUT2D eigenvalue weighted by Gasteiger charge is -2.45. The fraction of sp³-hybridized carbons (Fsp3) is 1.00. The third-order valence-corrected chi connectivity index (χ3v) is 4.58. The molecule has 1 N–H and O–H groups in total. The van der Waals surface area contributed by atoms with Gasteiger partial charge < -0.3 is 10.2 Å². The number of nitrogens with one attached hydrogen (secondary N) is 1. The molecule has 2 heteroatoms. The number of nitrogens with zero attached hydrogens (tertiary/aromatic N) is 1. The molecule has 108 valence electrons. The van der Waals surface area contributed by atoms with Gasteiger partial charge in [-0.05, 0) is 43.7 Å². The zero-order chi connectivity index (χ0) is 13.8. The molecule has 0 spiro atoms. The van der Waals surface area contributed by atoms with Gasteiger partial charge in [-0.1, -0.05) is 41.0 Å². The maximum Gasteiger partial charge on any atom is 0.0156 e. The molecule has 0 radical (unpaired) electrons. The molecule has 0 heterocycles. The fourth-order valence-electron chi connectivity index (χ4n) is 3.78. The Bertz CT molecular complexity index is 235. The summed E-state index contributed by atoms with van der Waals surface area (Å²) in [6.45, 7) is 15.5. The van der Waals surface area contributed by atoms with Crippen molar-refractivity contribution in [1.29, 1.82) is 0 Å². The predicted molar refractivity (Wildman–Crippen MR) is 80.9 cm³/mol. The third-order valence-electron chi connectivity index (χ3n) is 4.58. The molecule has 2 nitrogen and oxygen atoms in total. The molecule has 18 heavy (non-hydrogen) atoms. The first kappa shape index (κ1) is 16.0. The maximum atomic E-state index is 3.60. The van der Waals surface area contributed by atoms with E-state index >= 15 is 0 Å².